The first kappa shape index (κ1) is 15.0. The Balaban J connectivity index is 4.33. The van der Waals surface area contributed by atoms with Crippen molar-refractivity contribution in [3.8, 4) is 0 Å². The van der Waals surface area contributed by atoms with E-state index in [9.17, 15) is 8.76 Å². The summed E-state index contributed by atoms with van der Waals surface area (Å²) < 4.78 is 23.4. The lowest BCUT2D eigenvalue weighted by Crippen LogP contribution is -2.38. The van der Waals surface area contributed by atoms with E-state index in [0.29, 0.717) is 0 Å². The van der Waals surface area contributed by atoms with Crippen LogP contribution in [-0.4, -0.2) is 23.0 Å². The summed E-state index contributed by atoms with van der Waals surface area (Å²) in [5, 5.41) is 0. The van der Waals surface area contributed by atoms with Crippen molar-refractivity contribution in [2.45, 2.75) is 49.4 Å². The molecule has 0 spiro atoms. The van der Waals surface area contributed by atoms with Gasteiger partial charge in [-0.2, -0.15) is 0 Å². The zero-order chi connectivity index (χ0) is 11.1. The Kier molecular flexibility index (Phi) is 8.82. The van der Waals surface area contributed by atoms with E-state index >= 15 is 0 Å². The van der Waals surface area contributed by atoms with E-state index in [2.05, 4.69) is 31.9 Å². The van der Waals surface area contributed by atoms with Crippen LogP contribution in [0.1, 0.15) is 39.5 Å². The highest BCUT2D eigenvalue weighted by molar-refractivity contribution is 9.10. The number of halogens is 2. The zero-order valence-electron chi connectivity index (χ0n) is 8.41. The molecule has 0 aliphatic heterocycles. The number of hydrogen-bond acceptors (Lipinski definition) is 2. The maximum absolute atomic E-state index is 11.0. The second kappa shape index (κ2) is 8.21. The largest absolute Gasteiger partial charge is 0.760 e. The van der Waals surface area contributed by atoms with Crippen LogP contribution in [0.5, 0.6) is 0 Å². The summed E-state index contributed by atoms with van der Waals surface area (Å²) in [5.74, 6) is 0. The Morgan fingerprint density at radius 2 is 1.57 bits per heavy atom. The van der Waals surface area contributed by atoms with Crippen LogP contribution in [0.25, 0.3) is 0 Å². The molecule has 3 atom stereocenters. The predicted octanol–water partition coefficient (Wildman–Crippen LogP) is 3.12. The van der Waals surface area contributed by atoms with Crippen LogP contribution in [0.3, 0.4) is 0 Å². The molecule has 3 unspecified atom stereocenters. The van der Waals surface area contributed by atoms with Gasteiger partial charge in [-0.1, -0.05) is 58.5 Å². The van der Waals surface area contributed by atoms with Gasteiger partial charge in [-0.3, -0.25) is 4.21 Å². The van der Waals surface area contributed by atoms with Crippen molar-refractivity contribution in [3.05, 3.63) is 0 Å². The maximum atomic E-state index is 11.0. The van der Waals surface area contributed by atoms with Gasteiger partial charge in [0.2, 0.25) is 0 Å². The van der Waals surface area contributed by atoms with E-state index in [4.69, 9.17) is 0 Å². The van der Waals surface area contributed by atoms with Crippen molar-refractivity contribution in [3.63, 3.8) is 0 Å². The van der Waals surface area contributed by atoms with Crippen LogP contribution in [0.4, 0.5) is 0 Å². The van der Waals surface area contributed by atoms with E-state index in [1.165, 1.54) is 4.31 Å². The van der Waals surface area contributed by atoms with Gasteiger partial charge in [0.05, 0.1) is 9.90 Å². The molecule has 86 valence electrons. The summed E-state index contributed by atoms with van der Waals surface area (Å²) >= 11 is 4.58. The molecule has 0 saturated heterocycles. The number of hydrogen-bond donors (Lipinski definition) is 0. The van der Waals surface area contributed by atoms with E-state index in [0.717, 1.165) is 25.7 Å². The van der Waals surface area contributed by atoms with Gasteiger partial charge in [-0.15, -0.1) is 0 Å². The van der Waals surface area contributed by atoms with Crippen molar-refractivity contribution >= 4 is 43.1 Å². The average molecular weight is 350 g/mol. The molecule has 0 aromatic carbocycles. The molecule has 0 aromatic rings. The molecule has 0 amide bonds. The molecule has 0 aliphatic rings. The third kappa shape index (κ3) is 5.21. The van der Waals surface area contributed by atoms with E-state index in [1.807, 2.05) is 13.8 Å². The van der Waals surface area contributed by atoms with Crippen LogP contribution >= 0.6 is 31.9 Å². The summed E-state index contributed by atoms with van der Waals surface area (Å²) in [6.07, 6.45) is 3.55. The minimum absolute atomic E-state index is 0.109. The number of nitrogens with zero attached hydrogens (tertiary/aromatic N) is 1. The predicted molar refractivity (Wildman–Crippen MR) is 66.0 cm³/mol. The monoisotopic (exact) mass is 348 g/mol. The highest BCUT2D eigenvalue weighted by Crippen LogP contribution is 2.24. The van der Waals surface area contributed by atoms with Crippen molar-refractivity contribution in [1.82, 2.24) is 4.31 Å². The van der Waals surface area contributed by atoms with Crippen molar-refractivity contribution in [2.75, 3.05) is 0 Å². The van der Waals surface area contributed by atoms with Crippen LogP contribution in [0.2, 0.25) is 0 Å². The van der Waals surface area contributed by atoms with E-state index in [1.54, 1.807) is 0 Å². The Labute approximate surface area is 105 Å². The van der Waals surface area contributed by atoms with Gasteiger partial charge in [0.15, 0.2) is 0 Å². The summed E-state index contributed by atoms with van der Waals surface area (Å²) in [6, 6.07) is 0. The Hall–Kier alpha value is 1.03. The van der Waals surface area contributed by atoms with Crippen LogP contribution in [0.15, 0.2) is 0 Å². The van der Waals surface area contributed by atoms with Crippen LogP contribution < -0.4 is 0 Å². The minimum Gasteiger partial charge on any atom is -0.760 e. The normalized spacial score (nSPS) is 18.1. The molecule has 0 aromatic heterocycles. The first-order valence-electron chi connectivity index (χ1n) is 4.70. The quantitative estimate of drug-likeness (QED) is 0.402. The van der Waals surface area contributed by atoms with Gasteiger partial charge in [0.25, 0.3) is 0 Å². The Bertz CT molecular complexity index is 171. The molecule has 0 aliphatic carbocycles. The van der Waals surface area contributed by atoms with Gasteiger partial charge in [0, 0.05) is 11.3 Å². The number of alkyl halides is 2. The van der Waals surface area contributed by atoms with Crippen molar-refractivity contribution < 1.29 is 8.76 Å². The average Bonchev–Trinajstić information content (AvgIpc) is 2.04. The Morgan fingerprint density at radius 3 is 1.79 bits per heavy atom. The molecular formula is C8H16Br2NO2S-. The van der Waals surface area contributed by atoms with Crippen molar-refractivity contribution in [2.24, 2.45) is 0 Å². The van der Waals surface area contributed by atoms with Crippen LogP contribution in [-0.2, 0) is 11.3 Å². The minimum atomic E-state index is -2.18. The lowest BCUT2D eigenvalue weighted by molar-refractivity contribution is 0.342. The second-order valence-corrected chi connectivity index (χ2v) is 5.99. The van der Waals surface area contributed by atoms with Gasteiger partial charge >= 0.3 is 0 Å². The summed E-state index contributed by atoms with van der Waals surface area (Å²) in [7, 11) is 0. The second-order valence-electron chi connectivity index (χ2n) is 3.02. The molecule has 0 radical (unpaired) electrons. The van der Waals surface area contributed by atoms with Crippen molar-refractivity contribution in [1.29, 1.82) is 0 Å². The fraction of sp³-hybridized carbons (Fsp3) is 1.00. The Morgan fingerprint density at radius 1 is 1.21 bits per heavy atom. The van der Waals surface area contributed by atoms with Gasteiger partial charge in [-0.25, -0.2) is 4.31 Å². The molecule has 0 rings (SSSR count). The molecule has 3 nitrogen and oxygen atoms in total. The molecule has 0 heterocycles. The van der Waals surface area contributed by atoms with Gasteiger partial charge < -0.3 is 4.55 Å². The third-order valence-corrected chi connectivity index (χ3v) is 4.97. The lowest BCUT2D eigenvalue weighted by atomic mass is 10.3. The summed E-state index contributed by atoms with van der Waals surface area (Å²) in [6.45, 7) is 4.06. The summed E-state index contributed by atoms with van der Waals surface area (Å²) in [5.41, 5.74) is 0. The maximum Gasteiger partial charge on any atom is 0.0778 e. The van der Waals surface area contributed by atoms with Crippen LogP contribution in [0, 0.1) is 0 Å². The van der Waals surface area contributed by atoms with E-state index in [-0.39, 0.29) is 9.90 Å². The smallest absolute Gasteiger partial charge is 0.0778 e. The summed E-state index contributed by atoms with van der Waals surface area (Å²) in [4.78, 5) is -0.219. The van der Waals surface area contributed by atoms with E-state index < -0.39 is 11.3 Å². The SMILES string of the molecule is CCCC(Br)N(C(Br)CCC)S(=O)[O-]. The standard InChI is InChI=1S/C8H17Br2NO2S/c1-3-5-7(9)11(14(12)13)8(10)6-4-2/h7-8H,3-6H2,1-2H3,(H,12,13)/p-1. The first-order chi connectivity index (χ1) is 6.54. The highest BCUT2D eigenvalue weighted by atomic mass is 79.9. The number of rotatable bonds is 7. The van der Waals surface area contributed by atoms with Gasteiger partial charge in [-0.05, 0) is 12.8 Å². The highest BCUT2D eigenvalue weighted by Gasteiger charge is 2.22. The molecule has 0 fully saturated rings. The molecular weight excluding hydrogens is 334 g/mol. The third-order valence-electron chi connectivity index (χ3n) is 1.78. The molecule has 14 heavy (non-hydrogen) atoms. The zero-order valence-corrected chi connectivity index (χ0v) is 12.4. The molecule has 0 N–H and O–H groups in total. The fourth-order valence-corrected chi connectivity index (χ4v) is 4.30. The molecule has 6 heteroatoms. The molecule has 0 saturated carbocycles. The van der Waals surface area contributed by atoms with Gasteiger partial charge in [0.1, 0.15) is 0 Å². The molecule has 0 bridgehead atoms. The lowest BCUT2D eigenvalue weighted by Gasteiger charge is -2.33. The first-order valence-corrected chi connectivity index (χ1v) is 7.56. The fourth-order valence-electron chi connectivity index (χ4n) is 1.09. The topological polar surface area (TPSA) is 43.4 Å².